The zero-order valence-electron chi connectivity index (χ0n) is 10.4. The van der Waals surface area contributed by atoms with E-state index >= 15 is 0 Å². The Labute approximate surface area is 120 Å². The molecular formula is C11H13N3O3S2. The van der Waals surface area contributed by atoms with Crippen molar-refractivity contribution in [3.63, 3.8) is 0 Å². The number of hydrogen-bond donors (Lipinski definition) is 3. The summed E-state index contributed by atoms with van der Waals surface area (Å²) in [4.78, 5) is 22.3. The lowest BCUT2D eigenvalue weighted by molar-refractivity contribution is 0.177. The van der Waals surface area contributed by atoms with Gasteiger partial charge in [0.25, 0.3) is 5.24 Å². The Bertz CT molecular complexity index is 494. The van der Waals surface area contributed by atoms with Crippen molar-refractivity contribution in [1.29, 1.82) is 0 Å². The van der Waals surface area contributed by atoms with Crippen LogP contribution in [0.1, 0.15) is 0 Å². The number of thioether (sulfide) groups is 1. The summed E-state index contributed by atoms with van der Waals surface area (Å²) in [6, 6.07) is 6.99. The van der Waals surface area contributed by atoms with E-state index < -0.39 is 6.09 Å². The molecule has 0 aliphatic heterocycles. The quantitative estimate of drug-likeness (QED) is 0.729. The molecule has 0 fully saturated rings. The van der Waals surface area contributed by atoms with Gasteiger partial charge in [0.2, 0.25) is 0 Å². The number of methoxy groups -OCH3 is 1. The van der Waals surface area contributed by atoms with Crippen molar-refractivity contribution in [2.75, 3.05) is 24.0 Å². The van der Waals surface area contributed by atoms with Crippen LogP contribution in [0.25, 0.3) is 0 Å². The largest absolute Gasteiger partial charge is 0.453 e. The van der Waals surface area contributed by atoms with E-state index in [9.17, 15) is 9.59 Å². The molecule has 3 N–H and O–H groups in total. The molecule has 0 spiro atoms. The lowest BCUT2D eigenvalue weighted by atomic mass is 10.2. The third-order valence-corrected chi connectivity index (χ3v) is 2.68. The van der Waals surface area contributed by atoms with Crippen LogP contribution in [-0.2, 0) is 4.74 Å². The van der Waals surface area contributed by atoms with E-state index in [1.165, 1.54) is 7.11 Å². The molecule has 1 rings (SSSR count). The highest BCUT2D eigenvalue weighted by Gasteiger charge is 2.08. The Kier molecular flexibility index (Phi) is 6.10. The first-order chi connectivity index (χ1) is 9.06. The predicted octanol–water partition coefficient (Wildman–Crippen LogP) is 2.63. The highest BCUT2D eigenvalue weighted by molar-refractivity contribution is 8.13. The van der Waals surface area contributed by atoms with Crippen LogP contribution in [0.15, 0.2) is 24.3 Å². The zero-order valence-corrected chi connectivity index (χ0v) is 12.0. The van der Waals surface area contributed by atoms with Crippen molar-refractivity contribution in [3.05, 3.63) is 24.3 Å². The first-order valence-electron chi connectivity index (χ1n) is 5.16. The van der Waals surface area contributed by atoms with Crippen molar-refractivity contribution >= 4 is 51.8 Å². The molecule has 1 aromatic carbocycles. The lowest BCUT2D eigenvalue weighted by Crippen LogP contribution is -2.34. The van der Waals surface area contributed by atoms with Gasteiger partial charge in [0.15, 0.2) is 5.11 Å². The van der Waals surface area contributed by atoms with Crippen molar-refractivity contribution in [1.82, 2.24) is 5.32 Å². The van der Waals surface area contributed by atoms with Crippen molar-refractivity contribution in [2.45, 2.75) is 0 Å². The van der Waals surface area contributed by atoms with Gasteiger partial charge in [0, 0.05) is 0 Å². The minimum absolute atomic E-state index is 0.0812. The smallest absolute Gasteiger partial charge is 0.413 e. The number of carbonyl (C=O) groups is 2. The molecule has 8 heteroatoms. The van der Waals surface area contributed by atoms with Crippen LogP contribution in [0.3, 0.4) is 0 Å². The Balaban J connectivity index is 2.75. The summed E-state index contributed by atoms with van der Waals surface area (Å²) in [6.07, 6.45) is 1.01. The molecule has 0 aliphatic rings. The molecule has 0 bridgehead atoms. The molecule has 0 unspecified atom stereocenters. The molecule has 19 heavy (non-hydrogen) atoms. The molecule has 0 saturated carbocycles. The maximum Gasteiger partial charge on any atom is 0.413 e. The fourth-order valence-electron chi connectivity index (χ4n) is 1.16. The molecule has 0 heterocycles. The number of para-hydroxylation sites is 2. The summed E-state index contributed by atoms with van der Waals surface area (Å²) >= 11 is 6.00. The third-order valence-electron chi connectivity index (χ3n) is 2.00. The summed E-state index contributed by atoms with van der Waals surface area (Å²) in [7, 11) is 1.24. The monoisotopic (exact) mass is 299 g/mol. The molecule has 1 aromatic rings. The van der Waals surface area contributed by atoms with Crippen LogP contribution >= 0.6 is 24.0 Å². The summed E-state index contributed by atoms with van der Waals surface area (Å²) in [5, 5.41) is 7.69. The normalized spacial score (nSPS) is 9.37. The van der Waals surface area contributed by atoms with Gasteiger partial charge in [-0.2, -0.15) is 0 Å². The number of alkyl carbamates (subject to hydrolysis) is 1. The topological polar surface area (TPSA) is 79.5 Å². The molecule has 6 nitrogen and oxygen atoms in total. The number of nitrogens with one attached hydrogen (secondary N) is 3. The third kappa shape index (κ3) is 5.14. The van der Waals surface area contributed by atoms with Gasteiger partial charge in [-0.15, -0.1) is 0 Å². The van der Waals surface area contributed by atoms with Crippen LogP contribution in [0, 0.1) is 0 Å². The summed E-state index contributed by atoms with van der Waals surface area (Å²) in [5.41, 5.74) is 1.14. The van der Waals surface area contributed by atoms with Gasteiger partial charge in [-0.05, 0) is 30.6 Å². The Hall–Kier alpha value is -1.80. The van der Waals surface area contributed by atoms with Gasteiger partial charge in [0.05, 0.1) is 18.5 Å². The van der Waals surface area contributed by atoms with Crippen molar-refractivity contribution < 1.29 is 14.3 Å². The summed E-state index contributed by atoms with van der Waals surface area (Å²) < 4.78 is 4.42. The number of rotatable bonds is 2. The van der Waals surface area contributed by atoms with E-state index in [0.29, 0.717) is 11.4 Å². The molecule has 0 saturated heterocycles. The van der Waals surface area contributed by atoms with Gasteiger partial charge >= 0.3 is 6.09 Å². The second-order valence-corrected chi connectivity index (χ2v) is 4.42. The Morgan fingerprint density at radius 3 is 2.32 bits per heavy atom. The highest BCUT2D eigenvalue weighted by Crippen LogP contribution is 2.22. The fourth-order valence-corrected chi connectivity index (χ4v) is 1.56. The Morgan fingerprint density at radius 1 is 1.21 bits per heavy atom. The second-order valence-electron chi connectivity index (χ2n) is 3.23. The van der Waals surface area contributed by atoms with E-state index in [1.54, 1.807) is 30.5 Å². The summed E-state index contributed by atoms with van der Waals surface area (Å²) in [6.45, 7) is 0. The van der Waals surface area contributed by atoms with E-state index in [1.807, 2.05) is 0 Å². The van der Waals surface area contributed by atoms with Gasteiger partial charge in [-0.3, -0.25) is 10.1 Å². The van der Waals surface area contributed by atoms with Gasteiger partial charge < -0.3 is 15.4 Å². The van der Waals surface area contributed by atoms with Gasteiger partial charge in [-0.25, -0.2) is 4.79 Å². The number of hydrogen-bond acceptors (Lipinski definition) is 5. The minimum Gasteiger partial charge on any atom is -0.453 e. The molecule has 2 amide bonds. The minimum atomic E-state index is -0.664. The van der Waals surface area contributed by atoms with E-state index in [2.05, 4.69) is 20.7 Å². The van der Waals surface area contributed by atoms with Gasteiger partial charge in [0.1, 0.15) is 0 Å². The lowest BCUT2D eigenvalue weighted by Gasteiger charge is -2.13. The number of carbonyl (C=O) groups excluding carboxylic acids is 2. The number of amides is 2. The standard InChI is InChI=1S/C11H13N3O3S2/c1-17-10(15)14-9(18)12-7-5-3-4-6-8(7)13-11(16)19-2/h3-6H,1-2H3,(H,13,16)(H2,12,14,15,18). The maximum atomic E-state index is 11.3. The number of benzene rings is 1. The molecule has 0 aromatic heterocycles. The SMILES string of the molecule is COC(=O)NC(=S)Nc1ccccc1NC(=O)SC. The average molecular weight is 299 g/mol. The van der Waals surface area contributed by atoms with Crippen LogP contribution in [-0.4, -0.2) is 29.8 Å². The van der Waals surface area contributed by atoms with Crippen molar-refractivity contribution in [3.8, 4) is 0 Å². The first kappa shape index (κ1) is 15.3. The van der Waals surface area contributed by atoms with Gasteiger partial charge in [-0.1, -0.05) is 23.9 Å². The average Bonchev–Trinajstić information content (AvgIpc) is 2.40. The Morgan fingerprint density at radius 2 is 1.79 bits per heavy atom. The van der Waals surface area contributed by atoms with Crippen LogP contribution in [0.5, 0.6) is 0 Å². The number of thiocarbonyl (C=S) groups is 1. The molecule has 0 aliphatic carbocycles. The van der Waals surface area contributed by atoms with Crippen molar-refractivity contribution in [2.24, 2.45) is 0 Å². The molecule has 0 radical (unpaired) electrons. The van der Waals surface area contributed by atoms with Crippen LogP contribution in [0.2, 0.25) is 0 Å². The van der Waals surface area contributed by atoms with E-state index in [4.69, 9.17) is 12.2 Å². The predicted molar refractivity (Wildman–Crippen MR) is 80.7 cm³/mol. The van der Waals surface area contributed by atoms with Crippen LogP contribution in [0.4, 0.5) is 21.0 Å². The molecule has 0 atom stereocenters. The van der Waals surface area contributed by atoms with E-state index in [-0.39, 0.29) is 10.4 Å². The molecular weight excluding hydrogens is 286 g/mol. The number of anilines is 2. The zero-order chi connectivity index (χ0) is 14.3. The summed E-state index contributed by atoms with van der Waals surface area (Å²) in [5.74, 6) is 0. The van der Waals surface area contributed by atoms with Crippen LogP contribution < -0.4 is 16.0 Å². The van der Waals surface area contributed by atoms with E-state index in [0.717, 1.165) is 11.8 Å². The first-order valence-corrected chi connectivity index (χ1v) is 6.80. The maximum absolute atomic E-state index is 11.3. The second kappa shape index (κ2) is 7.59. The number of ether oxygens (including phenoxy) is 1. The fraction of sp³-hybridized carbons (Fsp3) is 0.182. The molecule has 102 valence electrons. The highest BCUT2D eigenvalue weighted by atomic mass is 32.2.